The molecule has 0 unspecified atom stereocenters. The van der Waals surface area contributed by atoms with E-state index >= 15 is 0 Å². The first kappa shape index (κ1) is 14.5. The van der Waals surface area contributed by atoms with Gasteiger partial charge in [-0.15, -0.1) is 0 Å². The van der Waals surface area contributed by atoms with Gasteiger partial charge in [0.15, 0.2) is 0 Å². The number of esters is 1. The predicted molar refractivity (Wildman–Crippen MR) is 71.6 cm³/mol. The fourth-order valence-electron chi connectivity index (χ4n) is 1.35. The summed E-state index contributed by atoms with van der Waals surface area (Å²) in [7, 11) is 0. The van der Waals surface area contributed by atoms with Crippen LogP contribution in [0.15, 0.2) is 30.3 Å². The molecule has 4 heteroatoms. The quantitative estimate of drug-likeness (QED) is 0.623. The Kier molecular flexibility index (Phi) is 5.65. The maximum atomic E-state index is 11.3. The van der Waals surface area contributed by atoms with E-state index in [1.165, 1.54) is 0 Å². The number of benzene rings is 1. The van der Waals surface area contributed by atoms with Crippen molar-refractivity contribution in [1.29, 1.82) is 0 Å². The minimum atomic E-state index is -0.456. The summed E-state index contributed by atoms with van der Waals surface area (Å²) in [6, 6.07) is 9.85. The Balaban J connectivity index is 2.07. The van der Waals surface area contributed by atoms with Crippen LogP contribution in [0, 0.1) is 0 Å². The Hall–Kier alpha value is -1.55. The average Bonchev–Trinajstić information content (AvgIpc) is 2.27. The molecule has 0 aliphatic rings. The van der Waals surface area contributed by atoms with Gasteiger partial charge >= 0.3 is 5.97 Å². The summed E-state index contributed by atoms with van der Waals surface area (Å²) in [6.07, 6.45) is 0. The highest BCUT2D eigenvalue weighted by Crippen LogP contribution is 2.07. The second-order valence-corrected chi connectivity index (χ2v) is 4.93. The smallest absolute Gasteiger partial charge is 0.332 e. The molecule has 0 aliphatic carbocycles. The molecule has 1 aromatic carbocycles. The van der Waals surface area contributed by atoms with Crippen molar-refractivity contribution in [2.75, 3.05) is 25.1 Å². The Morgan fingerprint density at radius 1 is 1.22 bits per heavy atom. The van der Waals surface area contributed by atoms with Crippen LogP contribution in [0.4, 0.5) is 5.69 Å². The number of para-hydroxylation sites is 1. The molecule has 0 aliphatic heterocycles. The van der Waals surface area contributed by atoms with Crippen molar-refractivity contribution in [2.45, 2.75) is 26.4 Å². The van der Waals surface area contributed by atoms with E-state index in [2.05, 4.69) is 5.32 Å². The van der Waals surface area contributed by atoms with Gasteiger partial charge in [-0.05, 0) is 32.9 Å². The first-order valence-corrected chi connectivity index (χ1v) is 6.06. The van der Waals surface area contributed by atoms with Crippen LogP contribution in [0.1, 0.15) is 20.8 Å². The first-order chi connectivity index (χ1) is 8.47. The lowest BCUT2D eigenvalue weighted by Gasteiger charge is -2.19. The monoisotopic (exact) mass is 251 g/mol. The third-order valence-electron chi connectivity index (χ3n) is 1.99. The van der Waals surface area contributed by atoms with Gasteiger partial charge < -0.3 is 14.8 Å². The van der Waals surface area contributed by atoms with Crippen LogP contribution >= 0.6 is 0 Å². The first-order valence-electron chi connectivity index (χ1n) is 6.06. The standard InChI is InChI=1S/C14H21NO3/c1-14(2,3)18-13(16)11-17-10-9-15-12-7-5-4-6-8-12/h4-8,15H,9-11H2,1-3H3. The Morgan fingerprint density at radius 3 is 2.50 bits per heavy atom. The van der Waals surface area contributed by atoms with Gasteiger partial charge in [0, 0.05) is 12.2 Å². The third-order valence-corrected chi connectivity index (χ3v) is 1.99. The number of anilines is 1. The maximum Gasteiger partial charge on any atom is 0.332 e. The molecule has 0 saturated carbocycles. The largest absolute Gasteiger partial charge is 0.458 e. The van der Waals surface area contributed by atoms with E-state index in [-0.39, 0.29) is 12.6 Å². The number of ether oxygens (including phenoxy) is 2. The van der Waals surface area contributed by atoms with Gasteiger partial charge in [-0.3, -0.25) is 0 Å². The van der Waals surface area contributed by atoms with Gasteiger partial charge in [-0.2, -0.15) is 0 Å². The summed E-state index contributed by atoms with van der Waals surface area (Å²) < 4.78 is 10.3. The number of hydrogen-bond acceptors (Lipinski definition) is 4. The van der Waals surface area contributed by atoms with Crippen molar-refractivity contribution in [3.63, 3.8) is 0 Å². The minimum Gasteiger partial charge on any atom is -0.458 e. The molecule has 0 amide bonds. The molecule has 1 aromatic rings. The zero-order valence-electron chi connectivity index (χ0n) is 11.2. The molecule has 18 heavy (non-hydrogen) atoms. The van der Waals surface area contributed by atoms with Gasteiger partial charge in [0.2, 0.25) is 0 Å². The summed E-state index contributed by atoms with van der Waals surface area (Å²) in [6.45, 7) is 6.63. The molecule has 4 nitrogen and oxygen atoms in total. The number of rotatable bonds is 6. The molecule has 1 N–H and O–H groups in total. The summed E-state index contributed by atoms with van der Waals surface area (Å²) in [4.78, 5) is 11.3. The molecule has 0 spiro atoms. The summed E-state index contributed by atoms with van der Waals surface area (Å²) in [5.74, 6) is -0.331. The van der Waals surface area contributed by atoms with Crippen LogP contribution in [-0.4, -0.2) is 31.3 Å². The van der Waals surface area contributed by atoms with Crippen molar-refractivity contribution >= 4 is 11.7 Å². The molecular weight excluding hydrogens is 230 g/mol. The highest BCUT2D eigenvalue weighted by molar-refractivity contribution is 5.71. The number of hydrogen-bond donors (Lipinski definition) is 1. The fourth-order valence-corrected chi connectivity index (χ4v) is 1.35. The Morgan fingerprint density at radius 2 is 1.89 bits per heavy atom. The molecule has 0 atom stereocenters. The lowest BCUT2D eigenvalue weighted by molar-refractivity contribution is -0.160. The summed E-state index contributed by atoms with van der Waals surface area (Å²) >= 11 is 0. The van der Waals surface area contributed by atoms with Crippen molar-refractivity contribution in [2.24, 2.45) is 0 Å². The van der Waals surface area contributed by atoms with E-state index in [0.29, 0.717) is 13.2 Å². The normalized spacial score (nSPS) is 11.1. The van der Waals surface area contributed by atoms with Crippen LogP contribution in [0.5, 0.6) is 0 Å². The van der Waals surface area contributed by atoms with Crippen molar-refractivity contribution in [3.8, 4) is 0 Å². The number of carbonyl (C=O) groups is 1. The molecule has 0 aromatic heterocycles. The summed E-state index contributed by atoms with van der Waals surface area (Å²) in [5, 5.41) is 3.19. The van der Waals surface area contributed by atoms with Crippen LogP contribution < -0.4 is 5.32 Å². The topological polar surface area (TPSA) is 47.6 Å². The molecular formula is C14H21NO3. The summed E-state index contributed by atoms with van der Waals surface area (Å²) in [5.41, 5.74) is 0.585. The number of carbonyl (C=O) groups excluding carboxylic acids is 1. The molecule has 0 fully saturated rings. The minimum absolute atomic E-state index is 0.00621. The van der Waals surface area contributed by atoms with Crippen LogP contribution in [0.2, 0.25) is 0 Å². The van der Waals surface area contributed by atoms with E-state index in [4.69, 9.17) is 9.47 Å². The Labute approximate surface area is 108 Å². The van der Waals surface area contributed by atoms with Crippen molar-refractivity contribution in [3.05, 3.63) is 30.3 Å². The number of nitrogens with one attached hydrogen (secondary N) is 1. The van der Waals surface area contributed by atoms with Gasteiger partial charge in [0.25, 0.3) is 0 Å². The predicted octanol–water partition coefficient (Wildman–Crippen LogP) is 2.46. The average molecular weight is 251 g/mol. The molecule has 0 saturated heterocycles. The second-order valence-electron chi connectivity index (χ2n) is 4.93. The van der Waals surface area contributed by atoms with E-state index < -0.39 is 5.60 Å². The van der Waals surface area contributed by atoms with Gasteiger partial charge in [-0.1, -0.05) is 18.2 Å². The van der Waals surface area contributed by atoms with Gasteiger partial charge in [0.05, 0.1) is 6.61 Å². The zero-order valence-corrected chi connectivity index (χ0v) is 11.2. The zero-order chi connectivity index (χ0) is 13.4. The van der Waals surface area contributed by atoms with Crippen LogP contribution in [0.3, 0.4) is 0 Å². The third kappa shape index (κ3) is 6.91. The van der Waals surface area contributed by atoms with Crippen LogP contribution in [0.25, 0.3) is 0 Å². The Bertz CT molecular complexity index is 357. The molecule has 100 valence electrons. The lowest BCUT2D eigenvalue weighted by atomic mass is 10.2. The maximum absolute atomic E-state index is 11.3. The SMILES string of the molecule is CC(C)(C)OC(=O)COCCNc1ccccc1. The van der Waals surface area contributed by atoms with Gasteiger partial charge in [0.1, 0.15) is 12.2 Å². The highest BCUT2D eigenvalue weighted by Gasteiger charge is 2.15. The van der Waals surface area contributed by atoms with E-state index in [9.17, 15) is 4.79 Å². The molecule has 0 bridgehead atoms. The second kappa shape index (κ2) is 7.01. The van der Waals surface area contributed by atoms with Crippen LogP contribution in [-0.2, 0) is 14.3 Å². The lowest BCUT2D eigenvalue weighted by Crippen LogP contribution is -2.27. The molecule has 0 radical (unpaired) electrons. The van der Waals surface area contributed by atoms with Crippen molar-refractivity contribution in [1.82, 2.24) is 0 Å². The van der Waals surface area contributed by atoms with Gasteiger partial charge in [-0.25, -0.2) is 4.79 Å². The fraction of sp³-hybridized carbons (Fsp3) is 0.500. The highest BCUT2D eigenvalue weighted by atomic mass is 16.6. The molecule has 1 rings (SSSR count). The van der Waals surface area contributed by atoms with E-state index in [1.807, 2.05) is 51.1 Å². The van der Waals surface area contributed by atoms with Crippen molar-refractivity contribution < 1.29 is 14.3 Å². The van der Waals surface area contributed by atoms with E-state index in [1.54, 1.807) is 0 Å². The van der Waals surface area contributed by atoms with E-state index in [0.717, 1.165) is 5.69 Å². The molecule has 0 heterocycles.